The van der Waals surface area contributed by atoms with Crippen molar-refractivity contribution < 1.29 is 9.53 Å². The molecular formula is C17H18N4O2. The molecule has 0 bridgehead atoms. The third kappa shape index (κ3) is 3.79. The van der Waals surface area contributed by atoms with E-state index in [1.54, 1.807) is 7.11 Å². The third-order valence-corrected chi connectivity index (χ3v) is 3.42. The highest BCUT2D eigenvalue weighted by molar-refractivity contribution is 5.89. The first kappa shape index (κ1) is 14.9. The molecule has 3 rings (SSSR count). The van der Waals surface area contributed by atoms with Crippen LogP contribution in [0.25, 0.3) is 11.0 Å². The Balaban J connectivity index is 1.53. The standard InChI is InChI=1S/C17H18N4O2/c1-23-13-7-8-14-15(11-13)21-16(20-14)9-10-18-17(22)19-12-5-3-2-4-6-12/h2-8,11H,9-10H2,1H3,(H,20,21)(H2,18,19,22). The summed E-state index contributed by atoms with van der Waals surface area (Å²) in [6, 6.07) is 14.8. The number of nitrogens with zero attached hydrogens (tertiary/aromatic N) is 1. The third-order valence-electron chi connectivity index (χ3n) is 3.42. The topological polar surface area (TPSA) is 79.0 Å². The highest BCUT2D eigenvalue weighted by Crippen LogP contribution is 2.18. The highest BCUT2D eigenvalue weighted by atomic mass is 16.5. The lowest BCUT2D eigenvalue weighted by molar-refractivity contribution is 0.252. The lowest BCUT2D eigenvalue weighted by Crippen LogP contribution is -2.30. The van der Waals surface area contributed by atoms with Crippen molar-refractivity contribution in [2.24, 2.45) is 0 Å². The molecule has 0 unspecified atom stereocenters. The van der Waals surface area contributed by atoms with Crippen LogP contribution in [-0.4, -0.2) is 29.7 Å². The maximum Gasteiger partial charge on any atom is 0.319 e. The molecule has 3 N–H and O–H groups in total. The quantitative estimate of drug-likeness (QED) is 0.678. The van der Waals surface area contributed by atoms with Crippen LogP contribution in [0.1, 0.15) is 5.82 Å². The number of benzene rings is 2. The van der Waals surface area contributed by atoms with E-state index in [9.17, 15) is 4.79 Å². The van der Waals surface area contributed by atoms with Crippen LogP contribution in [0.15, 0.2) is 48.5 Å². The summed E-state index contributed by atoms with van der Waals surface area (Å²) in [5, 5.41) is 5.58. The number of para-hydroxylation sites is 1. The van der Waals surface area contributed by atoms with Gasteiger partial charge in [-0.3, -0.25) is 0 Å². The fourth-order valence-electron chi connectivity index (χ4n) is 2.28. The Bertz CT molecular complexity index is 799. The number of carbonyl (C=O) groups is 1. The minimum Gasteiger partial charge on any atom is -0.497 e. The molecule has 6 nitrogen and oxygen atoms in total. The summed E-state index contributed by atoms with van der Waals surface area (Å²) >= 11 is 0. The van der Waals surface area contributed by atoms with E-state index in [0.29, 0.717) is 13.0 Å². The number of anilines is 1. The zero-order valence-electron chi connectivity index (χ0n) is 12.8. The molecule has 2 aromatic carbocycles. The number of methoxy groups -OCH3 is 1. The molecule has 2 amide bonds. The molecule has 1 aromatic heterocycles. The van der Waals surface area contributed by atoms with E-state index >= 15 is 0 Å². The molecule has 3 aromatic rings. The maximum absolute atomic E-state index is 11.8. The fraction of sp³-hybridized carbons (Fsp3) is 0.176. The Morgan fingerprint density at radius 3 is 2.83 bits per heavy atom. The Morgan fingerprint density at radius 1 is 1.22 bits per heavy atom. The van der Waals surface area contributed by atoms with Crippen LogP contribution in [0.4, 0.5) is 10.5 Å². The van der Waals surface area contributed by atoms with Gasteiger partial charge in [0, 0.05) is 24.7 Å². The SMILES string of the molecule is COc1ccc2nc(CCNC(=O)Nc3ccccc3)[nH]c2c1. The predicted molar refractivity (Wildman–Crippen MR) is 89.8 cm³/mol. The Kier molecular flexibility index (Phi) is 4.42. The fourth-order valence-corrected chi connectivity index (χ4v) is 2.28. The monoisotopic (exact) mass is 310 g/mol. The van der Waals surface area contributed by atoms with Gasteiger partial charge in [0.15, 0.2) is 0 Å². The first-order valence-electron chi connectivity index (χ1n) is 7.37. The van der Waals surface area contributed by atoms with Crippen molar-refractivity contribution in [2.45, 2.75) is 6.42 Å². The molecular weight excluding hydrogens is 292 g/mol. The molecule has 0 radical (unpaired) electrons. The molecule has 0 saturated carbocycles. The number of aromatic amines is 1. The highest BCUT2D eigenvalue weighted by Gasteiger charge is 2.05. The largest absolute Gasteiger partial charge is 0.497 e. The molecule has 23 heavy (non-hydrogen) atoms. The Labute approximate surface area is 133 Å². The van der Waals surface area contributed by atoms with Crippen LogP contribution >= 0.6 is 0 Å². The Hall–Kier alpha value is -3.02. The summed E-state index contributed by atoms with van der Waals surface area (Å²) in [6.07, 6.45) is 0.624. The van der Waals surface area contributed by atoms with Gasteiger partial charge < -0.3 is 20.4 Å². The van der Waals surface area contributed by atoms with Gasteiger partial charge in [-0.05, 0) is 24.3 Å². The molecule has 0 fully saturated rings. The number of H-pyrrole nitrogens is 1. The lowest BCUT2D eigenvalue weighted by Gasteiger charge is -2.06. The summed E-state index contributed by atoms with van der Waals surface area (Å²) in [5.74, 6) is 1.61. The first-order valence-corrected chi connectivity index (χ1v) is 7.37. The second-order valence-electron chi connectivity index (χ2n) is 5.06. The number of amides is 2. The number of hydrogen-bond donors (Lipinski definition) is 3. The van der Waals surface area contributed by atoms with Crippen molar-refractivity contribution >= 4 is 22.8 Å². The maximum atomic E-state index is 11.8. The number of carbonyl (C=O) groups excluding carboxylic acids is 1. The van der Waals surface area contributed by atoms with E-state index < -0.39 is 0 Å². The van der Waals surface area contributed by atoms with Crippen molar-refractivity contribution in [3.05, 3.63) is 54.4 Å². The number of rotatable bonds is 5. The van der Waals surface area contributed by atoms with Crippen LogP contribution in [0.3, 0.4) is 0 Å². The molecule has 0 aliphatic heterocycles. The molecule has 0 aliphatic carbocycles. The van der Waals surface area contributed by atoms with E-state index in [-0.39, 0.29) is 6.03 Å². The predicted octanol–water partition coefficient (Wildman–Crippen LogP) is 2.94. The van der Waals surface area contributed by atoms with Crippen molar-refractivity contribution in [2.75, 3.05) is 19.0 Å². The summed E-state index contributed by atoms with van der Waals surface area (Å²) < 4.78 is 5.19. The van der Waals surface area contributed by atoms with Crippen LogP contribution < -0.4 is 15.4 Å². The summed E-state index contributed by atoms with van der Waals surface area (Å²) in [7, 11) is 1.63. The van der Waals surface area contributed by atoms with Gasteiger partial charge in [-0.15, -0.1) is 0 Å². The van der Waals surface area contributed by atoms with Crippen LogP contribution in [0, 0.1) is 0 Å². The second-order valence-corrected chi connectivity index (χ2v) is 5.06. The van der Waals surface area contributed by atoms with Gasteiger partial charge in [-0.25, -0.2) is 9.78 Å². The average Bonchev–Trinajstić information content (AvgIpc) is 2.97. The van der Waals surface area contributed by atoms with E-state index in [2.05, 4.69) is 20.6 Å². The molecule has 118 valence electrons. The number of imidazole rings is 1. The molecule has 0 atom stereocenters. The molecule has 0 saturated heterocycles. The van der Waals surface area contributed by atoms with Gasteiger partial charge in [-0.2, -0.15) is 0 Å². The molecule has 1 heterocycles. The normalized spacial score (nSPS) is 10.5. The van der Waals surface area contributed by atoms with Crippen molar-refractivity contribution in [3.63, 3.8) is 0 Å². The van der Waals surface area contributed by atoms with Crippen molar-refractivity contribution in [1.82, 2.24) is 15.3 Å². The van der Waals surface area contributed by atoms with Gasteiger partial charge in [0.1, 0.15) is 11.6 Å². The van der Waals surface area contributed by atoms with E-state index in [4.69, 9.17) is 4.74 Å². The minimum absolute atomic E-state index is 0.228. The summed E-state index contributed by atoms with van der Waals surface area (Å²) in [6.45, 7) is 0.496. The summed E-state index contributed by atoms with van der Waals surface area (Å²) in [5.41, 5.74) is 2.57. The first-order chi connectivity index (χ1) is 11.2. The van der Waals surface area contributed by atoms with E-state index in [1.807, 2.05) is 48.5 Å². The average molecular weight is 310 g/mol. The van der Waals surface area contributed by atoms with Crippen LogP contribution in [0.2, 0.25) is 0 Å². The minimum atomic E-state index is -0.228. The van der Waals surface area contributed by atoms with Crippen molar-refractivity contribution in [1.29, 1.82) is 0 Å². The van der Waals surface area contributed by atoms with Crippen LogP contribution in [0.5, 0.6) is 5.75 Å². The van der Waals surface area contributed by atoms with Gasteiger partial charge in [0.05, 0.1) is 18.1 Å². The smallest absolute Gasteiger partial charge is 0.319 e. The number of nitrogens with one attached hydrogen (secondary N) is 3. The van der Waals surface area contributed by atoms with Gasteiger partial charge in [-0.1, -0.05) is 18.2 Å². The number of aromatic nitrogens is 2. The number of fused-ring (bicyclic) bond motifs is 1. The summed E-state index contributed by atoms with van der Waals surface area (Å²) in [4.78, 5) is 19.5. The lowest BCUT2D eigenvalue weighted by atomic mass is 10.3. The van der Waals surface area contributed by atoms with E-state index in [1.165, 1.54) is 0 Å². The number of hydrogen-bond acceptors (Lipinski definition) is 3. The zero-order valence-corrected chi connectivity index (χ0v) is 12.8. The number of urea groups is 1. The van der Waals surface area contributed by atoms with E-state index in [0.717, 1.165) is 28.3 Å². The Morgan fingerprint density at radius 2 is 2.04 bits per heavy atom. The molecule has 0 spiro atoms. The number of ether oxygens (including phenoxy) is 1. The second kappa shape index (κ2) is 6.83. The van der Waals surface area contributed by atoms with Gasteiger partial charge in [0.25, 0.3) is 0 Å². The zero-order chi connectivity index (χ0) is 16.1. The molecule has 6 heteroatoms. The van der Waals surface area contributed by atoms with Crippen molar-refractivity contribution in [3.8, 4) is 5.75 Å². The van der Waals surface area contributed by atoms with Crippen LogP contribution in [-0.2, 0) is 6.42 Å². The van der Waals surface area contributed by atoms with Gasteiger partial charge in [0.2, 0.25) is 0 Å². The van der Waals surface area contributed by atoms with Gasteiger partial charge >= 0.3 is 6.03 Å². The molecule has 0 aliphatic rings.